The number of hydrazone groups is 1. The van der Waals surface area contributed by atoms with Gasteiger partial charge in [-0.15, -0.1) is 11.3 Å². The zero-order valence-electron chi connectivity index (χ0n) is 16.8. The van der Waals surface area contributed by atoms with Crippen LogP contribution in [0.15, 0.2) is 50.0 Å². The highest BCUT2D eigenvalue weighted by atomic mass is 32.1. The van der Waals surface area contributed by atoms with Gasteiger partial charge in [0.05, 0.1) is 22.5 Å². The molecule has 4 rings (SSSR count). The molecule has 1 atom stereocenters. The van der Waals surface area contributed by atoms with Gasteiger partial charge in [-0.1, -0.05) is 25.1 Å². The van der Waals surface area contributed by atoms with Crippen LogP contribution in [0, 0.1) is 6.92 Å². The topological polar surface area (TPSA) is 98.1 Å². The maximum Gasteiger partial charge on any atom is 0.344 e. The first-order valence-corrected chi connectivity index (χ1v) is 10.4. The number of hydrogen-bond donors (Lipinski definition) is 0. The van der Waals surface area contributed by atoms with E-state index in [4.69, 9.17) is 13.7 Å². The van der Waals surface area contributed by atoms with E-state index >= 15 is 0 Å². The van der Waals surface area contributed by atoms with Gasteiger partial charge in [0.15, 0.2) is 12.4 Å². The van der Waals surface area contributed by atoms with Gasteiger partial charge in [0.2, 0.25) is 0 Å². The molecule has 1 amide bonds. The summed E-state index contributed by atoms with van der Waals surface area (Å²) in [6.45, 7) is 5.00. The Balaban J connectivity index is 1.51. The molecule has 0 N–H and O–H groups in total. The van der Waals surface area contributed by atoms with Crippen LogP contribution in [0.3, 0.4) is 0 Å². The van der Waals surface area contributed by atoms with Crippen molar-refractivity contribution in [2.75, 3.05) is 6.61 Å². The van der Waals surface area contributed by atoms with Crippen molar-refractivity contribution in [2.24, 2.45) is 5.10 Å². The molecular weight excluding hydrogens is 406 g/mol. The smallest absolute Gasteiger partial charge is 0.344 e. The van der Waals surface area contributed by atoms with Crippen molar-refractivity contribution < 1.29 is 23.3 Å². The molecule has 0 fully saturated rings. The van der Waals surface area contributed by atoms with Gasteiger partial charge in [-0.3, -0.25) is 4.79 Å². The summed E-state index contributed by atoms with van der Waals surface area (Å²) in [5.41, 5.74) is 1.50. The van der Waals surface area contributed by atoms with Gasteiger partial charge in [-0.05, 0) is 30.5 Å². The first kappa shape index (κ1) is 20.1. The highest BCUT2D eigenvalue weighted by Gasteiger charge is 2.36. The number of ether oxygens (including phenoxy) is 1. The Kier molecular flexibility index (Phi) is 5.54. The molecule has 0 spiro atoms. The van der Waals surface area contributed by atoms with E-state index in [1.54, 1.807) is 36.7 Å². The SMILES string of the molecule is Cc1noc(C(C)C)c1C(=O)OCC(=O)N1N=C(c2cccs2)CC1c1ccco1. The molecule has 3 aromatic heterocycles. The van der Waals surface area contributed by atoms with E-state index in [2.05, 4.69) is 10.3 Å². The molecule has 0 radical (unpaired) electrons. The number of furan rings is 1. The molecule has 0 saturated carbocycles. The van der Waals surface area contributed by atoms with Crippen LogP contribution >= 0.6 is 11.3 Å². The van der Waals surface area contributed by atoms with E-state index in [-0.39, 0.29) is 17.5 Å². The lowest BCUT2D eigenvalue weighted by atomic mass is 10.1. The van der Waals surface area contributed by atoms with Gasteiger partial charge in [-0.2, -0.15) is 5.10 Å². The second-order valence-electron chi connectivity index (χ2n) is 7.24. The van der Waals surface area contributed by atoms with Crippen LogP contribution in [0.1, 0.15) is 64.7 Å². The number of thiophene rings is 1. The van der Waals surface area contributed by atoms with Crippen molar-refractivity contribution in [1.29, 1.82) is 0 Å². The predicted molar refractivity (Wildman–Crippen MR) is 109 cm³/mol. The fraction of sp³-hybridized carbons (Fsp3) is 0.333. The maximum absolute atomic E-state index is 12.9. The summed E-state index contributed by atoms with van der Waals surface area (Å²) in [5, 5.41) is 11.6. The van der Waals surface area contributed by atoms with Crippen LogP contribution in [-0.2, 0) is 9.53 Å². The largest absolute Gasteiger partial charge is 0.467 e. The molecule has 9 heteroatoms. The average molecular weight is 427 g/mol. The number of hydrogen-bond acceptors (Lipinski definition) is 8. The van der Waals surface area contributed by atoms with E-state index in [9.17, 15) is 9.59 Å². The Bertz CT molecular complexity index is 1070. The third kappa shape index (κ3) is 3.80. The molecule has 0 bridgehead atoms. The Hall–Kier alpha value is -3.20. The zero-order valence-corrected chi connectivity index (χ0v) is 17.6. The van der Waals surface area contributed by atoms with Crippen LogP contribution in [0.5, 0.6) is 0 Å². The fourth-order valence-electron chi connectivity index (χ4n) is 3.33. The van der Waals surface area contributed by atoms with E-state index in [1.165, 1.54) is 5.01 Å². The number of nitrogens with zero attached hydrogens (tertiary/aromatic N) is 3. The van der Waals surface area contributed by atoms with Crippen LogP contribution < -0.4 is 0 Å². The van der Waals surface area contributed by atoms with Gasteiger partial charge < -0.3 is 13.7 Å². The minimum atomic E-state index is -0.637. The molecule has 1 aliphatic rings. The monoisotopic (exact) mass is 427 g/mol. The number of aryl methyl sites for hydroxylation is 1. The average Bonchev–Trinajstić information content (AvgIpc) is 3.51. The lowest BCUT2D eigenvalue weighted by molar-refractivity contribution is -0.136. The standard InChI is InChI=1S/C21H21N3O5S/c1-12(2)20-19(13(3)23-29-20)21(26)28-11-18(25)24-15(16-6-4-8-27-16)10-14(22-24)17-7-5-9-30-17/h4-9,12,15H,10-11H2,1-3H3. The lowest BCUT2D eigenvalue weighted by Gasteiger charge is -2.19. The van der Waals surface area contributed by atoms with Crippen LogP contribution in [0.2, 0.25) is 0 Å². The van der Waals surface area contributed by atoms with Gasteiger partial charge in [0.1, 0.15) is 17.4 Å². The molecule has 0 saturated heterocycles. The molecule has 1 unspecified atom stereocenters. The normalized spacial score (nSPS) is 16.2. The summed E-state index contributed by atoms with van der Waals surface area (Å²) < 4.78 is 16.0. The van der Waals surface area contributed by atoms with E-state index in [1.807, 2.05) is 31.4 Å². The molecule has 3 aromatic rings. The van der Waals surface area contributed by atoms with E-state index in [0.29, 0.717) is 23.6 Å². The van der Waals surface area contributed by atoms with Crippen LogP contribution in [0.25, 0.3) is 0 Å². The molecule has 0 aliphatic carbocycles. The summed E-state index contributed by atoms with van der Waals surface area (Å²) in [4.78, 5) is 26.5. The summed E-state index contributed by atoms with van der Waals surface area (Å²) in [6.07, 6.45) is 2.08. The predicted octanol–water partition coefficient (Wildman–Crippen LogP) is 4.30. The number of rotatable bonds is 6. The highest BCUT2D eigenvalue weighted by Crippen LogP contribution is 2.34. The van der Waals surface area contributed by atoms with E-state index < -0.39 is 18.5 Å². The minimum absolute atomic E-state index is 0.0377. The van der Waals surface area contributed by atoms with Gasteiger partial charge in [-0.25, -0.2) is 9.80 Å². The van der Waals surface area contributed by atoms with Crippen molar-refractivity contribution in [3.8, 4) is 0 Å². The molecule has 30 heavy (non-hydrogen) atoms. The van der Waals surface area contributed by atoms with E-state index in [0.717, 1.165) is 10.6 Å². The van der Waals surface area contributed by atoms with Gasteiger partial charge >= 0.3 is 5.97 Å². The number of aromatic nitrogens is 1. The first-order valence-electron chi connectivity index (χ1n) is 9.55. The number of esters is 1. The third-order valence-corrected chi connectivity index (χ3v) is 5.71. The summed E-state index contributed by atoms with van der Waals surface area (Å²) in [7, 11) is 0. The number of amides is 1. The summed E-state index contributed by atoms with van der Waals surface area (Å²) >= 11 is 1.55. The van der Waals surface area contributed by atoms with Gasteiger partial charge in [0.25, 0.3) is 5.91 Å². The quantitative estimate of drug-likeness (QED) is 0.544. The van der Waals surface area contributed by atoms with Crippen molar-refractivity contribution in [3.63, 3.8) is 0 Å². The zero-order chi connectivity index (χ0) is 21.3. The minimum Gasteiger partial charge on any atom is -0.467 e. The molecular formula is C21H21N3O5S. The Morgan fingerprint density at radius 1 is 1.33 bits per heavy atom. The number of carbonyl (C=O) groups excluding carboxylic acids is 2. The van der Waals surface area contributed by atoms with Crippen molar-refractivity contribution >= 4 is 28.9 Å². The maximum atomic E-state index is 12.9. The fourth-order valence-corrected chi connectivity index (χ4v) is 4.05. The third-order valence-electron chi connectivity index (χ3n) is 4.79. The molecule has 0 aromatic carbocycles. The lowest BCUT2D eigenvalue weighted by Crippen LogP contribution is -2.31. The van der Waals surface area contributed by atoms with Crippen molar-refractivity contribution in [2.45, 2.75) is 39.2 Å². The highest BCUT2D eigenvalue weighted by molar-refractivity contribution is 7.12. The van der Waals surface area contributed by atoms with Crippen molar-refractivity contribution in [3.05, 3.63) is 63.6 Å². The van der Waals surface area contributed by atoms with Crippen LogP contribution in [0.4, 0.5) is 0 Å². The van der Waals surface area contributed by atoms with Crippen molar-refractivity contribution in [1.82, 2.24) is 10.2 Å². The molecule has 1 aliphatic heterocycles. The van der Waals surface area contributed by atoms with Crippen LogP contribution in [-0.4, -0.2) is 34.4 Å². The molecule has 8 nitrogen and oxygen atoms in total. The Morgan fingerprint density at radius 3 is 2.83 bits per heavy atom. The second kappa shape index (κ2) is 8.27. The summed E-state index contributed by atoms with van der Waals surface area (Å²) in [6, 6.07) is 7.08. The molecule has 4 heterocycles. The Labute approximate surface area is 177 Å². The second-order valence-corrected chi connectivity index (χ2v) is 8.18. The summed E-state index contributed by atoms with van der Waals surface area (Å²) in [5.74, 6) is -0.0395. The number of carbonyl (C=O) groups is 2. The Morgan fingerprint density at radius 2 is 2.17 bits per heavy atom. The van der Waals surface area contributed by atoms with Gasteiger partial charge in [0, 0.05) is 12.3 Å². The molecule has 156 valence electrons. The first-order chi connectivity index (χ1) is 14.5.